The first-order valence-electron chi connectivity index (χ1n) is 3.63. The second-order valence-corrected chi connectivity index (χ2v) is 4.16. The summed E-state index contributed by atoms with van der Waals surface area (Å²) in [4.78, 5) is 0. The van der Waals surface area contributed by atoms with Gasteiger partial charge >= 0.3 is 0 Å². The van der Waals surface area contributed by atoms with Crippen LogP contribution in [-0.4, -0.2) is 16.6 Å². The molecule has 6 unspecified atom stereocenters. The van der Waals surface area contributed by atoms with Crippen LogP contribution in [0.3, 0.4) is 0 Å². The standard InChI is InChI=1S/C7H9ClO/c8-6-3-1-2-4(6)5(2)7(3)9/h2-7,9H,1H2. The first-order valence-corrected chi connectivity index (χ1v) is 4.06. The molecule has 0 aliphatic heterocycles. The zero-order chi connectivity index (χ0) is 6.17. The molecule has 4 aliphatic carbocycles. The van der Waals surface area contributed by atoms with Crippen LogP contribution in [0.5, 0.6) is 0 Å². The molecular formula is C7H9ClO. The van der Waals surface area contributed by atoms with E-state index in [0.29, 0.717) is 23.1 Å². The Kier molecular flexibility index (Phi) is 0.647. The maximum absolute atomic E-state index is 9.44. The van der Waals surface area contributed by atoms with Crippen molar-refractivity contribution in [2.75, 3.05) is 0 Å². The predicted octanol–water partition coefficient (Wildman–Crippen LogP) is 0.850. The third-order valence-electron chi connectivity index (χ3n) is 3.45. The van der Waals surface area contributed by atoms with Crippen LogP contribution in [0, 0.1) is 23.7 Å². The average Bonchev–Trinajstić information content (AvgIpc) is 2.18. The lowest BCUT2D eigenvalue weighted by Crippen LogP contribution is -2.15. The summed E-state index contributed by atoms with van der Waals surface area (Å²) in [5, 5.41) is 9.76. The number of hydrogen-bond acceptors (Lipinski definition) is 1. The molecule has 1 N–H and O–H groups in total. The molecule has 0 aromatic heterocycles. The molecule has 0 spiro atoms. The predicted molar refractivity (Wildman–Crippen MR) is 34.2 cm³/mol. The number of aliphatic hydroxyl groups is 1. The molecule has 0 saturated heterocycles. The Morgan fingerprint density at radius 3 is 2.11 bits per heavy atom. The van der Waals surface area contributed by atoms with Crippen LogP contribution in [0.4, 0.5) is 0 Å². The number of hydrogen-bond donors (Lipinski definition) is 1. The van der Waals surface area contributed by atoms with E-state index in [1.54, 1.807) is 0 Å². The minimum absolute atomic E-state index is 0.0255. The van der Waals surface area contributed by atoms with Crippen LogP contribution in [0.25, 0.3) is 0 Å². The summed E-state index contributed by atoms with van der Waals surface area (Å²) < 4.78 is 0. The highest BCUT2D eigenvalue weighted by Gasteiger charge is 2.72. The molecule has 4 aliphatic rings. The van der Waals surface area contributed by atoms with E-state index >= 15 is 0 Å². The molecule has 4 rings (SSSR count). The number of alkyl halides is 1. The summed E-state index contributed by atoms with van der Waals surface area (Å²) >= 11 is 6.03. The third-order valence-corrected chi connectivity index (χ3v) is 4.06. The lowest BCUT2D eigenvalue weighted by molar-refractivity contribution is 0.136. The minimum Gasteiger partial charge on any atom is -0.392 e. The van der Waals surface area contributed by atoms with Gasteiger partial charge in [-0.05, 0) is 24.2 Å². The highest BCUT2D eigenvalue weighted by molar-refractivity contribution is 6.21. The molecule has 0 radical (unpaired) electrons. The topological polar surface area (TPSA) is 20.2 Å². The van der Waals surface area contributed by atoms with Gasteiger partial charge in [-0.2, -0.15) is 0 Å². The van der Waals surface area contributed by atoms with Crippen molar-refractivity contribution in [2.24, 2.45) is 23.7 Å². The van der Waals surface area contributed by atoms with E-state index in [9.17, 15) is 5.11 Å². The van der Waals surface area contributed by atoms with Gasteiger partial charge in [-0.3, -0.25) is 0 Å². The Morgan fingerprint density at radius 1 is 1.22 bits per heavy atom. The lowest BCUT2D eigenvalue weighted by Gasteiger charge is -2.08. The first kappa shape index (κ1) is 4.97. The summed E-state index contributed by atoms with van der Waals surface area (Å²) in [6.45, 7) is 0. The van der Waals surface area contributed by atoms with Crippen molar-refractivity contribution in [1.29, 1.82) is 0 Å². The van der Waals surface area contributed by atoms with E-state index in [2.05, 4.69) is 0 Å². The van der Waals surface area contributed by atoms with Gasteiger partial charge in [-0.1, -0.05) is 0 Å². The van der Waals surface area contributed by atoms with Crippen LogP contribution < -0.4 is 0 Å². The maximum Gasteiger partial charge on any atom is 0.0616 e. The molecule has 0 aromatic rings. The highest BCUT2D eigenvalue weighted by atomic mass is 35.5. The van der Waals surface area contributed by atoms with Crippen molar-refractivity contribution in [3.8, 4) is 0 Å². The van der Waals surface area contributed by atoms with E-state index < -0.39 is 0 Å². The lowest BCUT2D eigenvalue weighted by atomic mass is 10.1. The normalized spacial score (nSPS) is 75.3. The summed E-state index contributed by atoms with van der Waals surface area (Å²) in [7, 11) is 0. The van der Waals surface area contributed by atoms with E-state index in [-0.39, 0.29) is 6.10 Å². The number of halogens is 1. The van der Waals surface area contributed by atoms with E-state index in [1.165, 1.54) is 6.42 Å². The summed E-state index contributed by atoms with van der Waals surface area (Å²) in [5.41, 5.74) is 0. The van der Waals surface area contributed by atoms with E-state index in [4.69, 9.17) is 11.6 Å². The van der Waals surface area contributed by atoms with Gasteiger partial charge in [0.15, 0.2) is 0 Å². The van der Waals surface area contributed by atoms with Gasteiger partial charge < -0.3 is 5.11 Å². The Hall–Kier alpha value is 0.250. The monoisotopic (exact) mass is 144 g/mol. The van der Waals surface area contributed by atoms with Crippen molar-refractivity contribution in [1.82, 2.24) is 0 Å². The quantitative estimate of drug-likeness (QED) is 0.500. The molecular weight excluding hydrogens is 136 g/mol. The number of aliphatic hydroxyl groups excluding tert-OH is 1. The largest absolute Gasteiger partial charge is 0.392 e. The zero-order valence-corrected chi connectivity index (χ0v) is 5.75. The summed E-state index contributed by atoms with van der Waals surface area (Å²) in [5.74, 6) is 2.63. The van der Waals surface area contributed by atoms with Crippen molar-refractivity contribution < 1.29 is 5.11 Å². The third kappa shape index (κ3) is 0.352. The fraction of sp³-hybridized carbons (Fsp3) is 1.00. The first-order chi connectivity index (χ1) is 4.30. The number of rotatable bonds is 0. The van der Waals surface area contributed by atoms with Crippen LogP contribution in [0.2, 0.25) is 0 Å². The van der Waals surface area contributed by atoms with Crippen LogP contribution >= 0.6 is 11.6 Å². The molecule has 9 heavy (non-hydrogen) atoms. The molecule has 0 amide bonds. The highest BCUT2D eigenvalue weighted by Crippen LogP contribution is 2.71. The van der Waals surface area contributed by atoms with Crippen LogP contribution in [-0.2, 0) is 0 Å². The zero-order valence-electron chi connectivity index (χ0n) is 5.00. The molecule has 4 fully saturated rings. The average molecular weight is 145 g/mol. The molecule has 0 heterocycles. The van der Waals surface area contributed by atoms with Crippen LogP contribution in [0.1, 0.15) is 6.42 Å². The second-order valence-electron chi connectivity index (χ2n) is 3.65. The van der Waals surface area contributed by atoms with Gasteiger partial charge in [-0.25, -0.2) is 0 Å². The van der Waals surface area contributed by atoms with Crippen LogP contribution in [0.15, 0.2) is 0 Å². The Bertz CT molecular complexity index is 150. The SMILES string of the molecule is OC1C2CC3C1C3C2Cl. The van der Waals surface area contributed by atoms with Gasteiger partial charge in [0.05, 0.1) is 6.10 Å². The molecule has 6 atom stereocenters. The Labute approximate surface area is 59.0 Å². The molecule has 1 nitrogen and oxygen atoms in total. The van der Waals surface area contributed by atoms with Crippen molar-refractivity contribution in [2.45, 2.75) is 17.9 Å². The van der Waals surface area contributed by atoms with E-state index in [1.807, 2.05) is 0 Å². The van der Waals surface area contributed by atoms with E-state index in [0.717, 1.165) is 5.92 Å². The van der Waals surface area contributed by atoms with Gasteiger partial charge in [-0.15, -0.1) is 11.6 Å². The molecule has 0 aromatic carbocycles. The van der Waals surface area contributed by atoms with Crippen molar-refractivity contribution in [3.05, 3.63) is 0 Å². The molecule has 4 bridgehead atoms. The fourth-order valence-corrected chi connectivity index (χ4v) is 3.62. The Morgan fingerprint density at radius 2 is 2.00 bits per heavy atom. The second kappa shape index (κ2) is 1.17. The Balaban J connectivity index is 2.07. The van der Waals surface area contributed by atoms with Crippen molar-refractivity contribution in [3.63, 3.8) is 0 Å². The summed E-state index contributed by atoms with van der Waals surface area (Å²) in [6, 6.07) is 0. The fourth-order valence-electron chi connectivity index (χ4n) is 3.01. The minimum atomic E-state index is -0.0255. The van der Waals surface area contributed by atoms with Gasteiger partial charge in [0.25, 0.3) is 0 Å². The maximum atomic E-state index is 9.44. The van der Waals surface area contributed by atoms with Gasteiger partial charge in [0.2, 0.25) is 0 Å². The van der Waals surface area contributed by atoms with Gasteiger partial charge in [0.1, 0.15) is 0 Å². The van der Waals surface area contributed by atoms with Gasteiger partial charge in [0, 0.05) is 11.3 Å². The summed E-state index contributed by atoms with van der Waals surface area (Å²) in [6.07, 6.45) is 1.19. The molecule has 4 saturated carbocycles. The van der Waals surface area contributed by atoms with Crippen molar-refractivity contribution >= 4 is 11.6 Å². The molecule has 50 valence electrons. The molecule has 2 heteroatoms. The smallest absolute Gasteiger partial charge is 0.0616 e.